The summed E-state index contributed by atoms with van der Waals surface area (Å²) in [6, 6.07) is 4.22. The first kappa shape index (κ1) is 11.4. The number of anilines is 1. The van der Waals surface area contributed by atoms with Crippen molar-refractivity contribution in [3.63, 3.8) is 0 Å². The van der Waals surface area contributed by atoms with Gasteiger partial charge < -0.3 is 10.0 Å². The van der Waals surface area contributed by atoms with E-state index < -0.39 is 0 Å². The lowest BCUT2D eigenvalue weighted by Gasteiger charge is -2.39. The number of aliphatic hydroxyl groups is 1. The summed E-state index contributed by atoms with van der Waals surface area (Å²) in [7, 11) is 0. The Labute approximate surface area is 97.1 Å². The Hall–Kier alpha value is -1.09. The van der Waals surface area contributed by atoms with Crippen LogP contribution >= 0.6 is 0 Å². The van der Waals surface area contributed by atoms with Crippen molar-refractivity contribution < 1.29 is 5.11 Å². The molecule has 0 aliphatic carbocycles. The maximum atomic E-state index is 8.95. The first-order valence-corrected chi connectivity index (χ1v) is 5.83. The average molecular weight is 220 g/mol. The Morgan fingerprint density at radius 1 is 1.38 bits per heavy atom. The molecular weight excluding hydrogens is 200 g/mol. The fourth-order valence-electron chi connectivity index (χ4n) is 1.89. The summed E-state index contributed by atoms with van der Waals surface area (Å²) in [5, 5.41) is 8.95. The van der Waals surface area contributed by atoms with Gasteiger partial charge in [-0.05, 0) is 17.0 Å². The highest BCUT2D eigenvalue weighted by Crippen LogP contribution is 2.26. The standard InChI is InChI=1S/C13H20N2O/c1-13(2,3)11-4-5-12(14-6-11)15-7-10(8-15)9-16/h4-6,10,16H,7-9H2,1-3H3. The molecule has 2 rings (SSSR count). The first-order valence-electron chi connectivity index (χ1n) is 5.83. The minimum Gasteiger partial charge on any atom is -0.396 e. The average Bonchev–Trinajstić information content (AvgIpc) is 2.15. The van der Waals surface area contributed by atoms with Gasteiger partial charge >= 0.3 is 0 Å². The van der Waals surface area contributed by atoms with E-state index in [1.54, 1.807) is 0 Å². The SMILES string of the molecule is CC(C)(C)c1ccc(N2CC(CO)C2)nc1. The molecule has 0 atom stereocenters. The third kappa shape index (κ3) is 2.19. The second kappa shape index (κ2) is 4.06. The van der Waals surface area contributed by atoms with E-state index in [9.17, 15) is 0 Å². The summed E-state index contributed by atoms with van der Waals surface area (Å²) in [5.74, 6) is 1.46. The zero-order chi connectivity index (χ0) is 11.8. The second-order valence-electron chi connectivity index (χ2n) is 5.61. The summed E-state index contributed by atoms with van der Waals surface area (Å²) in [5.41, 5.74) is 1.42. The van der Waals surface area contributed by atoms with Crippen molar-refractivity contribution in [3.8, 4) is 0 Å². The zero-order valence-corrected chi connectivity index (χ0v) is 10.3. The molecule has 0 unspecified atom stereocenters. The topological polar surface area (TPSA) is 36.4 Å². The monoisotopic (exact) mass is 220 g/mol. The highest BCUT2D eigenvalue weighted by Gasteiger charge is 2.27. The summed E-state index contributed by atoms with van der Waals surface area (Å²) in [4.78, 5) is 6.68. The lowest BCUT2D eigenvalue weighted by atomic mass is 9.88. The number of nitrogens with zero attached hydrogens (tertiary/aromatic N) is 2. The molecule has 0 saturated carbocycles. The molecule has 1 aliphatic rings. The smallest absolute Gasteiger partial charge is 0.128 e. The Bertz CT molecular complexity index is 347. The molecular formula is C13H20N2O. The number of aliphatic hydroxyl groups excluding tert-OH is 1. The van der Waals surface area contributed by atoms with E-state index in [0.29, 0.717) is 5.92 Å². The van der Waals surface area contributed by atoms with E-state index in [0.717, 1.165) is 18.9 Å². The molecule has 2 heterocycles. The van der Waals surface area contributed by atoms with E-state index in [-0.39, 0.29) is 12.0 Å². The van der Waals surface area contributed by atoms with Gasteiger partial charge in [0, 0.05) is 31.8 Å². The van der Waals surface area contributed by atoms with Gasteiger partial charge in [-0.3, -0.25) is 0 Å². The van der Waals surface area contributed by atoms with Gasteiger partial charge in [-0.1, -0.05) is 26.8 Å². The predicted octanol–water partition coefficient (Wildman–Crippen LogP) is 1.81. The van der Waals surface area contributed by atoms with Crippen LogP contribution in [0.5, 0.6) is 0 Å². The lowest BCUT2D eigenvalue weighted by molar-refractivity contribution is 0.200. The molecule has 1 aromatic heterocycles. The normalized spacial score (nSPS) is 17.4. The molecule has 16 heavy (non-hydrogen) atoms. The highest BCUT2D eigenvalue weighted by molar-refractivity contribution is 5.43. The van der Waals surface area contributed by atoms with Crippen LogP contribution in [0.15, 0.2) is 18.3 Å². The van der Waals surface area contributed by atoms with Crippen LogP contribution in [-0.4, -0.2) is 29.8 Å². The van der Waals surface area contributed by atoms with Crippen LogP contribution in [0.3, 0.4) is 0 Å². The van der Waals surface area contributed by atoms with Gasteiger partial charge in [0.2, 0.25) is 0 Å². The zero-order valence-electron chi connectivity index (χ0n) is 10.3. The van der Waals surface area contributed by atoms with Crippen molar-refractivity contribution in [1.82, 2.24) is 4.98 Å². The molecule has 3 heteroatoms. The fraction of sp³-hybridized carbons (Fsp3) is 0.615. The molecule has 3 nitrogen and oxygen atoms in total. The molecule has 0 spiro atoms. The molecule has 88 valence electrons. The van der Waals surface area contributed by atoms with Crippen molar-refractivity contribution in [2.24, 2.45) is 5.92 Å². The maximum absolute atomic E-state index is 8.95. The van der Waals surface area contributed by atoms with E-state index in [4.69, 9.17) is 5.11 Å². The van der Waals surface area contributed by atoms with Gasteiger partial charge in [0.1, 0.15) is 5.82 Å². The van der Waals surface area contributed by atoms with E-state index in [1.807, 2.05) is 6.20 Å². The van der Waals surface area contributed by atoms with Crippen LogP contribution < -0.4 is 4.90 Å². The second-order valence-corrected chi connectivity index (χ2v) is 5.61. The van der Waals surface area contributed by atoms with Gasteiger partial charge in [0.05, 0.1) is 0 Å². The number of pyridine rings is 1. The summed E-state index contributed by atoms with van der Waals surface area (Å²) < 4.78 is 0. The van der Waals surface area contributed by atoms with E-state index >= 15 is 0 Å². The van der Waals surface area contributed by atoms with Crippen molar-refractivity contribution in [2.45, 2.75) is 26.2 Å². The quantitative estimate of drug-likeness (QED) is 0.825. The number of rotatable bonds is 2. The molecule has 0 radical (unpaired) electrons. The van der Waals surface area contributed by atoms with Crippen LogP contribution in [0.25, 0.3) is 0 Å². The third-order valence-corrected chi connectivity index (χ3v) is 3.15. The Kier molecular flexibility index (Phi) is 2.89. The molecule has 1 fully saturated rings. The molecule has 0 aromatic carbocycles. The van der Waals surface area contributed by atoms with Crippen molar-refractivity contribution in [1.29, 1.82) is 0 Å². The van der Waals surface area contributed by atoms with E-state index in [2.05, 4.69) is 42.8 Å². The molecule has 0 amide bonds. The largest absolute Gasteiger partial charge is 0.396 e. The van der Waals surface area contributed by atoms with Gasteiger partial charge in [-0.25, -0.2) is 4.98 Å². The van der Waals surface area contributed by atoms with Crippen LogP contribution in [0, 0.1) is 5.92 Å². The van der Waals surface area contributed by atoms with Crippen LogP contribution in [0.4, 0.5) is 5.82 Å². The van der Waals surface area contributed by atoms with E-state index in [1.165, 1.54) is 5.56 Å². The van der Waals surface area contributed by atoms with Crippen molar-refractivity contribution in [3.05, 3.63) is 23.9 Å². The summed E-state index contributed by atoms with van der Waals surface area (Å²) in [6.45, 7) is 8.71. The Balaban J connectivity index is 2.04. The van der Waals surface area contributed by atoms with Crippen molar-refractivity contribution in [2.75, 3.05) is 24.6 Å². The third-order valence-electron chi connectivity index (χ3n) is 3.15. The van der Waals surface area contributed by atoms with Crippen molar-refractivity contribution >= 4 is 5.82 Å². The van der Waals surface area contributed by atoms with Gasteiger partial charge in [0.25, 0.3) is 0 Å². The molecule has 1 aromatic rings. The summed E-state index contributed by atoms with van der Waals surface area (Å²) >= 11 is 0. The fourth-order valence-corrected chi connectivity index (χ4v) is 1.89. The van der Waals surface area contributed by atoms with Gasteiger partial charge in [-0.2, -0.15) is 0 Å². The lowest BCUT2D eigenvalue weighted by Crippen LogP contribution is -2.48. The van der Waals surface area contributed by atoms with Crippen LogP contribution in [0.1, 0.15) is 26.3 Å². The number of aromatic nitrogens is 1. The van der Waals surface area contributed by atoms with Gasteiger partial charge in [-0.15, -0.1) is 0 Å². The van der Waals surface area contributed by atoms with Crippen LogP contribution in [-0.2, 0) is 5.41 Å². The molecule has 0 bridgehead atoms. The highest BCUT2D eigenvalue weighted by atomic mass is 16.3. The summed E-state index contributed by atoms with van der Waals surface area (Å²) in [6.07, 6.45) is 1.96. The first-order chi connectivity index (χ1) is 7.50. The Morgan fingerprint density at radius 3 is 2.50 bits per heavy atom. The molecule has 1 N–H and O–H groups in total. The number of hydrogen-bond acceptors (Lipinski definition) is 3. The minimum atomic E-state index is 0.161. The number of hydrogen-bond donors (Lipinski definition) is 1. The van der Waals surface area contributed by atoms with Gasteiger partial charge in [0.15, 0.2) is 0 Å². The Morgan fingerprint density at radius 2 is 2.06 bits per heavy atom. The minimum absolute atomic E-state index is 0.161. The predicted molar refractivity (Wildman–Crippen MR) is 65.7 cm³/mol. The molecule has 1 saturated heterocycles. The van der Waals surface area contributed by atoms with Crippen LogP contribution in [0.2, 0.25) is 0 Å². The molecule has 1 aliphatic heterocycles. The maximum Gasteiger partial charge on any atom is 0.128 e.